The molecule has 0 radical (unpaired) electrons. The second-order valence-corrected chi connectivity index (χ2v) is 4.65. The van der Waals surface area contributed by atoms with E-state index in [1.165, 1.54) is 5.56 Å². The number of nitrogens with one attached hydrogen (secondary N) is 1. The molecule has 0 aliphatic heterocycles. The van der Waals surface area contributed by atoms with Crippen LogP contribution in [-0.4, -0.2) is 16.1 Å². The Morgan fingerprint density at radius 1 is 1.16 bits per heavy atom. The van der Waals surface area contributed by atoms with Gasteiger partial charge >= 0.3 is 0 Å². The predicted molar refractivity (Wildman–Crippen MR) is 78.2 cm³/mol. The van der Waals surface area contributed by atoms with Gasteiger partial charge in [0.15, 0.2) is 0 Å². The quantitative estimate of drug-likeness (QED) is 0.755. The number of anilines is 2. The second kappa shape index (κ2) is 5.47. The zero-order valence-corrected chi connectivity index (χ0v) is 11.1. The molecule has 0 unspecified atom stereocenters. The van der Waals surface area contributed by atoms with Gasteiger partial charge in [-0.1, -0.05) is 6.07 Å². The largest absolute Gasteiger partial charge is 0.508 e. The van der Waals surface area contributed by atoms with E-state index in [0.717, 1.165) is 17.9 Å². The third-order valence-electron chi connectivity index (χ3n) is 3.19. The van der Waals surface area contributed by atoms with E-state index in [1.54, 1.807) is 12.1 Å². The Kier molecular flexibility index (Phi) is 3.93. The van der Waals surface area contributed by atoms with Crippen LogP contribution >= 0.6 is 12.4 Å². The maximum Gasteiger partial charge on any atom is 0.130 e. The van der Waals surface area contributed by atoms with Crippen LogP contribution in [0.3, 0.4) is 0 Å². The van der Waals surface area contributed by atoms with Gasteiger partial charge in [-0.2, -0.15) is 0 Å². The fourth-order valence-corrected chi connectivity index (χ4v) is 1.99. The Morgan fingerprint density at radius 2 is 1.84 bits per heavy atom. The highest BCUT2D eigenvalue weighted by molar-refractivity contribution is 5.85. The molecular formula is C14H16ClN3O. The summed E-state index contributed by atoms with van der Waals surface area (Å²) in [6, 6.07) is 11.2. The van der Waals surface area contributed by atoms with Crippen LogP contribution in [0.1, 0.15) is 17.9 Å². The van der Waals surface area contributed by atoms with Crippen molar-refractivity contribution in [3.05, 3.63) is 48.2 Å². The number of halogens is 1. The molecule has 1 aliphatic carbocycles. The molecule has 0 bridgehead atoms. The summed E-state index contributed by atoms with van der Waals surface area (Å²) in [5.74, 6) is 1.53. The molecule has 0 amide bonds. The molecule has 0 spiro atoms. The van der Waals surface area contributed by atoms with E-state index < -0.39 is 0 Å². The number of pyridine rings is 1. The van der Waals surface area contributed by atoms with Gasteiger partial charge in [-0.3, -0.25) is 0 Å². The van der Waals surface area contributed by atoms with Crippen LogP contribution in [0, 0.1) is 0 Å². The van der Waals surface area contributed by atoms with Crippen molar-refractivity contribution in [2.24, 2.45) is 5.73 Å². The van der Waals surface area contributed by atoms with Gasteiger partial charge in [0, 0.05) is 23.8 Å². The molecular weight excluding hydrogens is 262 g/mol. The lowest BCUT2D eigenvalue weighted by Gasteiger charge is -2.06. The minimum atomic E-state index is 0. The molecule has 2 aromatic rings. The second-order valence-electron chi connectivity index (χ2n) is 4.65. The zero-order chi connectivity index (χ0) is 12.5. The molecule has 100 valence electrons. The smallest absolute Gasteiger partial charge is 0.130 e. The number of benzene rings is 1. The van der Waals surface area contributed by atoms with Gasteiger partial charge in [0.25, 0.3) is 0 Å². The van der Waals surface area contributed by atoms with E-state index in [2.05, 4.69) is 16.4 Å². The van der Waals surface area contributed by atoms with Crippen molar-refractivity contribution in [2.45, 2.75) is 18.4 Å². The monoisotopic (exact) mass is 277 g/mol. The van der Waals surface area contributed by atoms with E-state index >= 15 is 0 Å². The number of phenolic OH excluding ortho intramolecular Hbond substituents is 1. The van der Waals surface area contributed by atoms with Crippen LogP contribution in [-0.2, 0) is 0 Å². The molecule has 1 fully saturated rings. The average Bonchev–Trinajstić information content (AvgIpc) is 3.10. The summed E-state index contributed by atoms with van der Waals surface area (Å²) in [6.07, 6.45) is 2.94. The molecule has 1 aromatic heterocycles. The number of hydrogen-bond acceptors (Lipinski definition) is 4. The van der Waals surface area contributed by atoms with E-state index in [-0.39, 0.29) is 18.2 Å². The minimum Gasteiger partial charge on any atom is -0.508 e. The first-order chi connectivity index (χ1) is 8.72. The zero-order valence-electron chi connectivity index (χ0n) is 10.3. The summed E-state index contributed by atoms with van der Waals surface area (Å²) in [4.78, 5) is 4.36. The van der Waals surface area contributed by atoms with Crippen LogP contribution in [0.5, 0.6) is 5.75 Å². The summed E-state index contributed by atoms with van der Waals surface area (Å²) in [5.41, 5.74) is 7.91. The van der Waals surface area contributed by atoms with E-state index in [4.69, 9.17) is 5.73 Å². The Morgan fingerprint density at radius 3 is 2.37 bits per heavy atom. The van der Waals surface area contributed by atoms with Crippen molar-refractivity contribution in [1.82, 2.24) is 4.98 Å². The standard InChI is InChI=1S/C14H15N3O.ClH/c15-13-7-12(13)9-1-6-14(16-8-9)17-10-2-4-11(18)5-3-10;/h1-6,8,12-13,18H,7,15H2,(H,16,17);1H/t12-,13+;/m1./s1. The molecule has 19 heavy (non-hydrogen) atoms. The van der Waals surface area contributed by atoms with Crippen molar-refractivity contribution in [3.8, 4) is 5.75 Å². The molecule has 1 aromatic carbocycles. The average molecular weight is 278 g/mol. The number of aromatic nitrogens is 1. The first-order valence-electron chi connectivity index (χ1n) is 6.00. The van der Waals surface area contributed by atoms with Crippen molar-refractivity contribution in [1.29, 1.82) is 0 Å². The van der Waals surface area contributed by atoms with Gasteiger partial charge in [0.05, 0.1) is 0 Å². The summed E-state index contributed by atoms with van der Waals surface area (Å²) >= 11 is 0. The van der Waals surface area contributed by atoms with Crippen LogP contribution in [0.4, 0.5) is 11.5 Å². The number of nitrogens with zero attached hydrogens (tertiary/aromatic N) is 1. The minimum absolute atomic E-state index is 0. The Hall–Kier alpha value is -1.78. The molecule has 5 heteroatoms. The SMILES string of the molecule is Cl.N[C@H]1C[C@@H]1c1ccc(Nc2ccc(O)cc2)nc1. The molecule has 4 nitrogen and oxygen atoms in total. The van der Waals surface area contributed by atoms with Crippen molar-refractivity contribution < 1.29 is 5.11 Å². The number of aromatic hydroxyl groups is 1. The number of phenols is 1. The fraction of sp³-hybridized carbons (Fsp3) is 0.214. The molecule has 1 heterocycles. The van der Waals surface area contributed by atoms with E-state index in [0.29, 0.717) is 12.0 Å². The van der Waals surface area contributed by atoms with Crippen LogP contribution in [0.2, 0.25) is 0 Å². The van der Waals surface area contributed by atoms with Gasteiger partial charge in [0.2, 0.25) is 0 Å². The lowest BCUT2D eigenvalue weighted by molar-refractivity contribution is 0.475. The lowest BCUT2D eigenvalue weighted by Crippen LogP contribution is -2.01. The highest BCUT2D eigenvalue weighted by Gasteiger charge is 2.34. The highest BCUT2D eigenvalue weighted by Crippen LogP contribution is 2.38. The third kappa shape index (κ3) is 3.16. The fourth-order valence-electron chi connectivity index (χ4n) is 1.99. The maximum atomic E-state index is 9.20. The van der Waals surface area contributed by atoms with Gasteiger partial charge in [-0.05, 0) is 42.3 Å². The summed E-state index contributed by atoms with van der Waals surface area (Å²) in [7, 11) is 0. The van der Waals surface area contributed by atoms with Gasteiger partial charge in [-0.15, -0.1) is 12.4 Å². The summed E-state index contributed by atoms with van der Waals surface area (Å²) < 4.78 is 0. The first-order valence-corrected chi connectivity index (χ1v) is 6.00. The molecule has 0 saturated heterocycles. The first kappa shape index (κ1) is 13.6. The number of hydrogen-bond donors (Lipinski definition) is 3. The normalized spacial score (nSPS) is 20.5. The van der Waals surface area contributed by atoms with Crippen LogP contribution in [0.25, 0.3) is 0 Å². The highest BCUT2D eigenvalue weighted by atomic mass is 35.5. The van der Waals surface area contributed by atoms with Crippen molar-refractivity contribution >= 4 is 23.9 Å². The van der Waals surface area contributed by atoms with Crippen LogP contribution in [0.15, 0.2) is 42.6 Å². The number of rotatable bonds is 3. The molecule has 1 saturated carbocycles. The van der Waals surface area contributed by atoms with Gasteiger partial charge < -0.3 is 16.2 Å². The Labute approximate surface area is 118 Å². The molecule has 1 aliphatic rings. The molecule has 3 rings (SSSR count). The Balaban J connectivity index is 0.00000133. The third-order valence-corrected chi connectivity index (χ3v) is 3.19. The van der Waals surface area contributed by atoms with Crippen molar-refractivity contribution in [3.63, 3.8) is 0 Å². The van der Waals surface area contributed by atoms with Gasteiger partial charge in [0.1, 0.15) is 11.6 Å². The summed E-state index contributed by atoms with van der Waals surface area (Å²) in [5, 5.41) is 12.4. The molecule has 4 N–H and O–H groups in total. The van der Waals surface area contributed by atoms with Gasteiger partial charge in [-0.25, -0.2) is 4.98 Å². The number of nitrogens with two attached hydrogens (primary N) is 1. The lowest BCUT2D eigenvalue weighted by atomic mass is 10.2. The maximum absolute atomic E-state index is 9.20. The predicted octanol–water partition coefficient (Wildman–Crippen LogP) is 2.77. The van der Waals surface area contributed by atoms with Crippen LogP contribution < -0.4 is 11.1 Å². The van der Waals surface area contributed by atoms with E-state index in [1.807, 2.05) is 24.4 Å². The van der Waals surface area contributed by atoms with Crippen molar-refractivity contribution in [2.75, 3.05) is 5.32 Å². The topological polar surface area (TPSA) is 71.2 Å². The Bertz CT molecular complexity index is 542. The summed E-state index contributed by atoms with van der Waals surface area (Å²) in [6.45, 7) is 0. The van der Waals surface area contributed by atoms with E-state index in [9.17, 15) is 5.11 Å². The molecule has 2 atom stereocenters.